The summed E-state index contributed by atoms with van der Waals surface area (Å²) in [4.78, 5) is 38.0. The summed E-state index contributed by atoms with van der Waals surface area (Å²) in [5.74, 6) is -0.0912. The van der Waals surface area contributed by atoms with Crippen LogP contribution in [0, 0.1) is 6.92 Å². The number of imide groups is 1. The van der Waals surface area contributed by atoms with Gasteiger partial charge in [0.05, 0.1) is 4.91 Å². The number of nitrogens with zero attached hydrogens (tertiary/aromatic N) is 1. The molecule has 6 nitrogen and oxygen atoms in total. The normalized spacial score (nSPS) is 15.1. The molecule has 3 rings (SSSR count). The highest BCUT2D eigenvalue weighted by molar-refractivity contribution is 9.10. The molecule has 1 aliphatic rings. The predicted octanol–water partition coefficient (Wildman–Crippen LogP) is 3.99. The molecule has 0 aromatic heterocycles. The zero-order chi connectivity index (χ0) is 20.8. The van der Waals surface area contributed by atoms with Gasteiger partial charge in [0.25, 0.3) is 17.1 Å². The summed E-state index contributed by atoms with van der Waals surface area (Å²) in [6, 6.07) is 14.8. The van der Waals surface area contributed by atoms with Gasteiger partial charge in [-0.3, -0.25) is 19.3 Å². The Bertz CT molecular complexity index is 942. The number of ether oxygens (including phenoxy) is 1. The molecule has 0 spiro atoms. The monoisotopic (exact) mass is 474 g/mol. The second-order valence-electron chi connectivity index (χ2n) is 6.34. The summed E-state index contributed by atoms with van der Waals surface area (Å²) in [6.45, 7) is 2.12. The van der Waals surface area contributed by atoms with E-state index in [4.69, 9.17) is 4.74 Å². The molecular formula is C21H19BrN2O4S. The third kappa shape index (κ3) is 5.95. The van der Waals surface area contributed by atoms with Crippen molar-refractivity contribution in [3.8, 4) is 5.75 Å². The third-order valence-corrected chi connectivity index (χ3v) is 5.53. The van der Waals surface area contributed by atoms with Crippen LogP contribution in [0.5, 0.6) is 5.75 Å². The fraction of sp³-hybridized carbons (Fsp3) is 0.190. The zero-order valence-electron chi connectivity index (χ0n) is 15.7. The van der Waals surface area contributed by atoms with Crippen LogP contribution in [0.15, 0.2) is 57.9 Å². The molecule has 1 aliphatic heterocycles. The highest BCUT2D eigenvalue weighted by atomic mass is 79.9. The first-order valence-corrected chi connectivity index (χ1v) is 10.5. The molecule has 0 radical (unpaired) electrons. The van der Waals surface area contributed by atoms with E-state index in [0.717, 1.165) is 32.3 Å². The second-order valence-corrected chi connectivity index (χ2v) is 8.25. The highest BCUT2D eigenvalue weighted by Gasteiger charge is 2.34. The van der Waals surface area contributed by atoms with Crippen molar-refractivity contribution in [2.45, 2.75) is 6.92 Å². The molecule has 0 atom stereocenters. The largest absolute Gasteiger partial charge is 0.484 e. The van der Waals surface area contributed by atoms with Crippen LogP contribution in [-0.2, 0) is 9.59 Å². The van der Waals surface area contributed by atoms with Gasteiger partial charge in [-0.25, -0.2) is 0 Å². The first kappa shape index (κ1) is 21.1. The van der Waals surface area contributed by atoms with Gasteiger partial charge in [-0.15, -0.1) is 0 Å². The molecule has 2 aromatic carbocycles. The summed E-state index contributed by atoms with van der Waals surface area (Å²) in [7, 11) is 0. The highest BCUT2D eigenvalue weighted by Crippen LogP contribution is 2.31. The van der Waals surface area contributed by atoms with Gasteiger partial charge in [-0.2, -0.15) is 0 Å². The molecule has 1 saturated heterocycles. The van der Waals surface area contributed by atoms with Crippen molar-refractivity contribution in [3.63, 3.8) is 0 Å². The van der Waals surface area contributed by atoms with Crippen LogP contribution < -0.4 is 10.1 Å². The van der Waals surface area contributed by atoms with Crippen molar-refractivity contribution in [1.29, 1.82) is 0 Å². The molecule has 0 unspecified atom stereocenters. The molecule has 0 saturated carbocycles. The number of hydrogen-bond donors (Lipinski definition) is 1. The Hall–Kier alpha value is -2.58. The lowest BCUT2D eigenvalue weighted by Gasteiger charge is -2.13. The van der Waals surface area contributed by atoms with E-state index in [1.807, 2.05) is 43.3 Å². The molecule has 0 bridgehead atoms. The Morgan fingerprint density at radius 2 is 1.83 bits per heavy atom. The van der Waals surface area contributed by atoms with Gasteiger partial charge < -0.3 is 10.1 Å². The van der Waals surface area contributed by atoms with E-state index >= 15 is 0 Å². The molecule has 1 N–H and O–H groups in total. The van der Waals surface area contributed by atoms with Crippen molar-refractivity contribution < 1.29 is 19.1 Å². The smallest absolute Gasteiger partial charge is 0.293 e. The van der Waals surface area contributed by atoms with Crippen LogP contribution >= 0.6 is 27.7 Å². The fourth-order valence-corrected chi connectivity index (χ4v) is 3.67. The topological polar surface area (TPSA) is 75.7 Å². The van der Waals surface area contributed by atoms with Gasteiger partial charge in [0, 0.05) is 17.6 Å². The summed E-state index contributed by atoms with van der Waals surface area (Å²) < 4.78 is 6.31. The molecule has 0 aliphatic carbocycles. The van der Waals surface area contributed by atoms with Crippen LogP contribution in [0.1, 0.15) is 11.1 Å². The van der Waals surface area contributed by atoms with Crippen LogP contribution in [-0.4, -0.2) is 41.6 Å². The average molecular weight is 475 g/mol. The van der Waals surface area contributed by atoms with Crippen molar-refractivity contribution in [3.05, 3.63) is 69.0 Å². The van der Waals surface area contributed by atoms with Gasteiger partial charge in [0.2, 0.25) is 0 Å². The van der Waals surface area contributed by atoms with Crippen molar-refractivity contribution in [2.24, 2.45) is 0 Å². The summed E-state index contributed by atoms with van der Waals surface area (Å²) in [6.07, 6.45) is 1.70. The molecule has 1 fully saturated rings. The number of carbonyl (C=O) groups is 3. The van der Waals surface area contributed by atoms with Crippen LogP contribution in [0.2, 0.25) is 0 Å². The van der Waals surface area contributed by atoms with E-state index in [2.05, 4.69) is 21.2 Å². The maximum atomic E-state index is 12.5. The number of halogens is 1. The summed E-state index contributed by atoms with van der Waals surface area (Å²) in [5, 5.41) is 2.32. The lowest BCUT2D eigenvalue weighted by molar-refractivity contribution is -0.125. The number of hydrogen-bond acceptors (Lipinski definition) is 5. The Balaban J connectivity index is 1.47. The number of aryl methyl sites for hydroxylation is 1. The third-order valence-electron chi connectivity index (χ3n) is 4.09. The van der Waals surface area contributed by atoms with Crippen molar-refractivity contribution >= 4 is 50.8 Å². The second kappa shape index (κ2) is 9.76. The molecule has 29 heavy (non-hydrogen) atoms. The minimum atomic E-state index is -0.346. The standard InChI is InChI=1S/C21H19BrN2O4S/c1-14-2-4-15(5-3-14)12-18-20(26)24(21(27)29-18)11-10-23-19(25)13-28-17-8-6-16(22)7-9-17/h2-9,12H,10-11,13H2,1H3,(H,23,25). The van der Waals surface area contributed by atoms with Gasteiger partial charge in [-0.05, 0) is 54.6 Å². The lowest BCUT2D eigenvalue weighted by atomic mass is 10.1. The molecular weight excluding hydrogens is 456 g/mol. The van der Waals surface area contributed by atoms with Gasteiger partial charge in [0.15, 0.2) is 6.61 Å². The molecule has 8 heteroatoms. The first-order chi connectivity index (χ1) is 13.9. The fourth-order valence-electron chi connectivity index (χ4n) is 2.54. The Labute approximate surface area is 181 Å². The quantitative estimate of drug-likeness (QED) is 0.613. The molecule has 1 heterocycles. The Morgan fingerprint density at radius 3 is 2.52 bits per heavy atom. The maximum Gasteiger partial charge on any atom is 0.293 e. The number of benzene rings is 2. The van der Waals surface area contributed by atoms with E-state index < -0.39 is 0 Å². The summed E-state index contributed by atoms with van der Waals surface area (Å²) in [5.41, 5.74) is 1.98. The molecule has 150 valence electrons. The van der Waals surface area contributed by atoms with Gasteiger partial charge >= 0.3 is 0 Å². The van der Waals surface area contributed by atoms with Gasteiger partial charge in [0.1, 0.15) is 5.75 Å². The maximum absolute atomic E-state index is 12.5. The number of rotatable bonds is 7. The van der Waals surface area contributed by atoms with E-state index in [9.17, 15) is 14.4 Å². The zero-order valence-corrected chi connectivity index (χ0v) is 18.1. The van der Waals surface area contributed by atoms with Crippen molar-refractivity contribution in [2.75, 3.05) is 19.7 Å². The average Bonchev–Trinajstić information content (AvgIpc) is 2.96. The van der Waals surface area contributed by atoms with Crippen LogP contribution in [0.25, 0.3) is 6.08 Å². The van der Waals surface area contributed by atoms with Crippen LogP contribution in [0.3, 0.4) is 0 Å². The van der Waals surface area contributed by atoms with E-state index in [-0.39, 0.29) is 36.7 Å². The van der Waals surface area contributed by atoms with E-state index in [1.165, 1.54) is 0 Å². The minimum absolute atomic E-state index is 0.111. The number of thioether (sulfide) groups is 1. The SMILES string of the molecule is Cc1ccc(C=C2SC(=O)N(CCNC(=O)COc3ccc(Br)cc3)C2=O)cc1. The first-order valence-electron chi connectivity index (χ1n) is 8.89. The van der Waals surface area contributed by atoms with E-state index in [1.54, 1.807) is 18.2 Å². The molecule has 3 amide bonds. The Kier molecular flexibility index (Phi) is 7.11. The number of carbonyl (C=O) groups excluding carboxylic acids is 3. The minimum Gasteiger partial charge on any atom is -0.484 e. The summed E-state index contributed by atoms with van der Waals surface area (Å²) >= 11 is 4.23. The van der Waals surface area contributed by atoms with Gasteiger partial charge in [-0.1, -0.05) is 45.8 Å². The lowest BCUT2D eigenvalue weighted by Crippen LogP contribution is -2.38. The number of nitrogens with one attached hydrogen (secondary N) is 1. The van der Waals surface area contributed by atoms with Crippen LogP contribution in [0.4, 0.5) is 4.79 Å². The molecule has 2 aromatic rings. The van der Waals surface area contributed by atoms with Crippen molar-refractivity contribution in [1.82, 2.24) is 10.2 Å². The number of amides is 3. The van der Waals surface area contributed by atoms with E-state index in [0.29, 0.717) is 10.7 Å². The Morgan fingerprint density at radius 1 is 1.14 bits per heavy atom. The predicted molar refractivity (Wildman–Crippen MR) is 117 cm³/mol.